The number of rotatable bonds is 2. The first-order chi connectivity index (χ1) is 5.25. The molecule has 0 spiro atoms. The topological polar surface area (TPSA) is 16.6 Å². The van der Waals surface area contributed by atoms with Gasteiger partial charge in [-0.2, -0.15) is 0 Å². The van der Waals surface area contributed by atoms with Gasteiger partial charge in [0.25, 0.3) is 0 Å². The first kappa shape index (κ1) is 8.28. The number of nitrogens with two attached hydrogens (primary N) is 1. The summed E-state index contributed by atoms with van der Waals surface area (Å²) in [6.45, 7) is 4.39. The van der Waals surface area contributed by atoms with E-state index in [1.165, 1.54) is 11.3 Å². The van der Waals surface area contributed by atoms with Crippen LogP contribution in [0.1, 0.15) is 25.3 Å². The van der Waals surface area contributed by atoms with E-state index in [1.807, 2.05) is 11.4 Å². The average Bonchev–Trinajstić information content (AvgIpc) is 2.04. The Morgan fingerprint density at radius 2 is 1.91 bits per heavy atom. The molecule has 0 saturated heterocycles. The van der Waals surface area contributed by atoms with Crippen LogP contribution in [-0.2, 0) is 0 Å². The predicted octanol–water partition coefficient (Wildman–Crippen LogP) is 1.80. The zero-order valence-electron chi connectivity index (χ0n) is 7.17. The molecular formula is C10H15N. The quantitative estimate of drug-likeness (QED) is 0.488. The van der Waals surface area contributed by atoms with Gasteiger partial charge in [-0.05, 0) is 12.0 Å². The third kappa shape index (κ3) is 1.81. The third-order valence-electron chi connectivity index (χ3n) is 1.84. The SMILES string of the molecule is [CH2-][NH2+]c1ccccc1C(C)C. The average molecular weight is 149 g/mol. The molecule has 60 valence electrons. The molecule has 1 heteroatoms. The Balaban J connectivity index is 3.02. The van der Waals surface area contributed by atoms with Crippen LogP contribution < -0.4 is 5.32 Å². The van der Waals surface area contributed by atoms with Gasteiger partial charge in [-0.3, -0.25) is 0 Å². The molecule has 0 bridgehead atoms. The molecule has 0 radical (unpaired) electrons. The van der Waals surface area contributed by atoms with Crippen molar-refractivity contribution in [3.63, 3.8) is 0 Å². The highest BCUT2D eigenvalue weighted by Crippen LogP contribution is 2.19. The minimum absolute atomic E-state index is 0.587. The maximum absolute atomic E-state index is 3.77. The van der Waals surface area contributed by atoms with E-state index < -0.39 is 0 Å². The molecule has 1 aromatic carbocycles. The Morgan fingerprint density at radius 1 is 1.27 bits per heavy atom. The molecule has 0 aliphatic rings. The van der Waals surface area contributed by atoms with E-state index in [0.29, 0.717) is 5.92 Å². The van der Waals surface area contributed by atoms with Crippen molar-refractivity contribution in [2.75, 3.05) is 0 Å². The van der Waals surface area contributed by atoms with Crippen LogP contribution in [0, 0.1) is 7.05 Å². The van der Waals surface area contributed by atoms with Gasteiger partial charge in [-0.1, -0.05) is 32.0 Å². The van der Waals surface area contributed by atoms with Gasteiger partial charge in [0.05, 0.1) is 0 Å². The highest BCUT2D eigenvalue weighted by molar-refractivity contribution is 5.40. The molecule has 1 aromatic rings. The Labute approximate surface area is 68.4 Å². The van der Waals surface area contributed by atoms with Crippen molar-refractivity contribution >= 4 is 5.69 Å². The standard InChI is InChI=1S/C10H15N/c1-8(2)9-6-4-5-7-10(9)11-3/h4-8H,3,11H2,1-2H3. The molecule has 0 unspecified atom stereocenters. The molecule has 0 saturated carbocycles. The largest absolute Gasteiger partial charge is 0.446 e. The van der Waals surface area contributed by atoms with Crippen LogP contribution in [0.2, 0.25) is 0 Å². The fourth-order valence-electron chi connectivity index (χ4n) is 1.22. The lowest BCUT2D eigenvalue weighted by molar-refractivity contribution is -0.505. The monoisotopic (exact) mass is 149 g/mol. The second-order valence-electron chi connectivity index (χ2n) is 2.99. The van der Waals surface area contributed by atoms with E-state index in [1.54, 1.807) is 0 Å². The van der Waals surface area contributed by atoms with Gasteiger partial charge in [-0.15, -0.1) is 7.05 Å². The molecule has 0 aliphatic carbocycles. The number of benzene rings is 1. The van der Waals surface area contributed by atoms with Gasteiger partial charge in [0, 0.05) is 5.56 Å². The zero-order chi connectivity index (χ0) is 8.27. The second-order valence-corrected chi connectivity index (χ2v) is 2.99. The van der Waals surface area contributed by atoms with Crippen molar-refractivity contribution in [3.05, 3.63) is 36.9 Å². The molecule has 1 rings (SSSR count). The fraction of sp³-hybridized carbons (Fsp3) is 0.300. The molecule has 0 heterocycles. The number of quaternary nitrogens is 1. The lowest BCUT2D eigenvalue weighted by Gasteiger charge is -2.09. The molecule has 0 aliphatic heterocycles. The first-order valence-corrected chi connectivity index (χ1v) is 3.97. The van der Waals surface area contributed by atoms with Crippen molar-refractivity contribution < 1.29 is 5.32 Å². The Bertz CT molecular complexity index is 228. The van der Waals surface area contributed by atoms with E-state index in [4.69, 9.17) is 0 Å². The van der Waals surface area contributed by atoms with Crippen molar-refractivity contribution in [1.29, 1.82) is 0 Å². The van der Waals surface area contributed by atoms with Crippen LogP contribution in [0.3, 0.4) is 0 Å². The molecule has 2 N–H and O–H groups in total. The number of para-hydroxylation sites is 1. The third-order valence-corrected chi connectivity index (χ3v) is 1.84. The Morgan fingerprint density at radius 3 is 2.36 bits per heavy atom. The van der Waals surface area contributed by atoms with Crippen LogP contribution in [-0.4, -0.2) is 0 Å². The predicted molar refractivity (Wildman–Crippen MR) is 47.5 cm³/mol. The van der Waals surface area contributed by atoms with Crippen LogP contribution in [0.25, 0.3) is 0 Å². The van der Waals surface area contributed by atoms with E-state index in [9.17, 15) is 0 Å². The highest BCUT2D eigenvalue weighted by Gasteiger charge is 2.04. The summed E-state index contributed by atoms with van der Waals surface area (Å²) < 4.78 is 0. The summed E-state index contributed by atoms with van der Waals surface area (Å²) in [6.07, 6.45) is 0. The molecule has 0 amide bonds. The number of hydrogen-bond acceptors (Lipinski definition) is 0. The summed E-state index contributed by atoms with van der Waals surface area (Å²) in [5.74, 6) is 0.587. The number of hydrogen-bond donors (Lipinski definition) is 1. The molecule has 1 nitrogen and oxygen atoms in total. The molecular weight excluding hydrogens is 134 g/mol. The summed E-state index contributed by atoms with van der Waals surface area (Å²) in [5.41, 5.74) is 2.63. The maximum Gasteiger partial charge on any atom is 0.106 e. The zero-order valence-corrected chi connectivity index (χ0v) is 7.17. The summed E-state index contributed by atoms with van der Waals surface area (Å²) in [6, 6.07) is 8.37. The van der Waals surface area contributed by atoms with E-state index in [0.717, 1.165) is 0 Å². The minimum Gasteiger partial charge on any atom is -0.446 e. The molecule has 0 atom stereocenters. The van der Waals surface area contributed by atoms with Crippen LogP contribution in [0.4, 0.5) is 5.69 Å². The van der Waals surface area contributed by atoms with Crippen molar-refractivity contribution in [1.82, 2.24) is 0 Å². The van der Waals surface area contributed by atoms with Crippen LogP contribution in [0.5, 0.6) is 0 Å². The van der Waals surface area contributed by atoms with Crippen LogP contribution >= 0.6 is 0 Å². The van der Waals surface area contributed by atoms with Crippen molar-refractivity contribution in [2.24, 2.45) is 0 Å². The Kier molecular flexibility index (Phi) is 2.66. The summed E-state index contributed by atoms with van der Waals surface area (Å²) >= 11 is 0. The van der Waals surface area contributed by atoms with E-state index in [2.05, 4.69) is 39.1 Å². The summed E-state index contributed by atoms with van der Waals surface area (Å²) in [4.78, 5) is 0. The molecule has 0 aromatic heterocycles. The van der Waals surface area contributed by atoms with Gasteiger partial charge < -0.3 is 5.32 Å². The highest BCUT2D eigenvalue weighted by atomic mass is 14.8. The fourth-order valence-corrected chi connectivity index (χ4v) is 1.22. The van der Waals surface area contributed by atoms with Gasteiger partial charge in [-0.25, -0.2) is 0 Å². The second kappa shape index (κ2) is 3.54. The lowest BCUT2D eigenvalue weighted by Crippen LogP contribution is -2.70. The summed E-state index contributed by atoms with van der Waals surface area (Å²) in [5, 5.41) is 1.91. The van der Waals surface area contributed by atoms with Gasteiger partial charge in [0.15, 0.2) is 0 Å². The van der Waals surface area contributed by atoms with Crippen molar-refractivity contribution in [3.8, 4) is 0 Å². The van der Waals surface area contributed by atoms with E-state index >= 15 is 0 Å². The lowest BCUT2D eigenvalue weighted by atomic mass is 10.0. The summed E-state index contributed by atoms with van der Waals surface area (Å²) in [7, 11) is 3.77. The van der Waals surface area contributed by atoms with Crippen molar-refractivity contribution in [2.45, 2.75) is 19.8 Å². The molecule has 11 heavy (non-hydrogen) atoms. The van der Waals surface area contributed by atoms with E-state index in [-0.39, 0.29) is 0 Å². The molecule has 0 fully saturated rings. The normalized spacial score (nSPS) is 10.5. The Hall–Kier alpha value is -0.820. The van der Waals surface area contributed by atoms with Crippen LogP contribution in [0.15, 0.2) is 24.3 Å². The first-order valence-electron chi connectivity index (χ1n) is 3.97. The smallest absolute Gasteiger partial charge is 0.106 e. The maximum atomic E-state index is 3.77. The minimum atomic E-state index is 0.587. The van der Waals surface area contributed by atoms with Gasteiger partial charge in [0.2, 0.25) is 0 Å². The van der Waals surface area contributed by atoms with Gasteiger partial charge in [0.1, 0.15) is 5.69 Å². The van der Waals surface area contributed by atoms with Gasteiger partial charge >= 0.3 is 0 Å².